The summed E-state index contributed by atoms with van der Waals surface area (Å²) in [4.78, 5) is 4.67. The van der Waals surface area contributed by atoms with Crippen molar-refractivity contribution < 1.29 is 0 Å². The molecule has 1 aromatic heterocycles. The summed E-state index contributed by atoms with van der Waals surface area (Å²) in [5.74, 6) is 0. The van der Waals surface area contributed by atoms with E-state index in [9.17, 15) is 0 Å². The number of likely N-dealkylation sites (N-methyl/N-ethyl adjacent to an activating group) is 1. The minimum absolute atomic E-state index is 0.0927. The van der Waals surface area contributed by atoms with Gasteiger partial charge in [-0.25, -0.2) is 0 Å². The van der Waals surface area contributed by atoms with Gasteiger partial charge in [0, 0.05) is 23.0 Å². The molecule has 0 atom stereocenters. The van der Waals surface area contributed by atoms with Crippen LogP contribution in [0.15, 0.2) is 36.4 Å². The van der Waals surface area contributed by atoms with Gasteiger partial charge in [0.1, 0.15) is 0 Å². The monoisotopic (exact) mass is 214 g/mol. The maximum absolute atomic E-state index is 4.67. The van der Waals surface area contributed by atoms with Crippen LogP contribution in [0, 0.1) is 0 Å². The highest BCUT2D eigenvalue weighted by atomic mass is 14.9. The highest BCUT2D eigenvalue weighted by Gasteiger charge is 2.16. The van der Waals surface area contributed by atoms with Gasteiger partial charge in [-0.05, 0) is 33.0 Å². The lowest BCUT2D eigenvalue weighted by Crippen LogP contribution is -2.38. The lowest BCUT2D eigenvalue weighted by atomic mass is 9.98. The van der Waals surface area contributed by atoms with Gasteiger partial charge in [-0.2, -0.15) is 0 Å². The van der Waals surface area contributed by atoms with E-state index in [0.29, 0.717) is 0 Å². The standard InChI is InChI=1S/C14H18N2/c1-14(2,15-3)10-12-9-8-11-6-4-5-7-13(11)16-12/h4-9,15H,10H2,1-3H3. The fraction of sp³-hybridized carbons (Fsp3) is 0.357. The lowest BCUT2D eigenvalue weighted by molar-refractivity contribution is 0.418. The van der Waals surface area contributed by atoms with Crippen molar-refractivity contribution in [1.29, 1.82) is 0 Å². The van der Waals surface area contributed by atoms with Crippen LogP contribution in [0.1, 0.15) is 19.5 Å². The predicted molar refractivity (Wildman–Crippen MR) is 68.6 cm³/mol. The molecule has 0 aliphatic carbocycles. The Kier molecular flexibility index (Phi) is 2.92. The molecule has 0 aliphatic heterocycles. The summed E-state index contributed by atoms with van der Waals surface area (Å²) in [7, 11) is 1.99. The quantitative estimate of drug-likeness (QED) is 0.849. The number of fused-ring (bicyclic) bond motifs is 1. The summed E-state index contributed by atoms with van der Waals surface area (Å²) in [5.41, 5.74) is 2.31. The smallest absolute Gasteiger partial charge is 0.0705 e. The molecule has 0 fully saturated rings. The second kappa shape index (κ2) is 4.22. The molecule has 0 aliphatic rings. The molecule has 0 amide bonds. The highest BCUT2D eigenvalue weighted by molar-refractivity contribution is 5.78. The van der Waals surface area contributed by atoms with Crippen LogP contribution in [-0.4, -0.2) is 17.6 Å². The fourth-order valence-electron chi connectivity index (χ4n) is 1.75. The number of benzene rings is 1. The normalized spacial score (nSPS) is 11.9. The average Bonchev–Trinajstić information content (AvgIpc) is 2.28. The summed E-state index contributed by atoms with van der Waals surface area (Å²) < 4.78 is 0. The van der Waals surface area contributed by atoms with Gasteiger partial charge < -0.3 is 5.32 Å². The Labute approximate surface area is 96.7 Å². The number of hydrogen-bond donors (Lipinski definition) is 1. The van der Waals surface area contributed by atoms with Crippen LogP contribution in [0.3, 0.4) is 0 Å². The van der Waals surface area contributed by atoms with E-state index in [1.165, 1.54) is 5.39 Å². The molecule has 2 heteroatoms. The fourth-order valence-corrected chi connectivity index (χ4v) is 1.75. The Morgan fingerprint density at radius 3 is 2.62 bits per heavy atom. The van der Waals surface area contributed by atoms with Gasteiger partial charge >= 0.3 is 0 Å². The Bertz CT molecular complexity index is 489. The Morgan fingerprint density at radius 1 is 1.12 bits per heavy atom. The van der Waals surface area contributed by atoms with E-state index in [0.717, 1.165) is 17.6 Å². The number of rotatable bonds is 3. The first-order valence-electron chi connectivity index (χ1n) is 5.64. The van der Waals surface area contributed by atoms with Crippen molar-refractivity contribution in [2.75, 3.05) is 7.05 Å². The molecule has 0 bridgehead atoms. The van der Waals surface area contributed by atoms with E-state index in [2.05, 4.69) is 48.4 Å². The van der Waals surface area contributed by atoms with Gasteiger partial charge in [-0.15, -0.1) is 0 Å². The lowest BCUT2D eigenvalue weighted by Gasteiger charge is -2.23. The van der Waals surface area contributed by atoms with Gasteiger partial charge in [0.2, 0.25) is 0 Å². The molecule has 2 nitrogen and oxygen atoms in total. The zero-order valence-corrected chi connectivity index (χ0v) is 10.1. The Balaban J connectivity index is 2.33. The molecule has 0 unspecified atom stereocenters. The molecule has 0 radical (unpaired) electrons. The maximum Gasteiger partial charge on any atom is 0.0705 e. The van der Waals surface area contributed by atoms with E-state index in [1.54, 1.807) is 0 Å². The largest absolute Gasteiger partial charge is 0.314 e. The third kappa shape index (κ3) is 2.39. The Morgan fingerprint density at radius 2 is 1.88 bits per heavy atom. The van der Waals surface area contributed by atoms with Crippen molar-refractivity contribution in [2.45, 2.75) is 25.8 Å². The molecule has 1 N–H and O–H groups in total. The summed E-state index contributed by atoms with van der Waals surface area (Å²) in [6.45, 7) is 4.37. The van der Waals surface area contributed by atoms with Crippen molar-refractivity contribution in [3.05, 3.63) is 42.1 Å². The van der Waals surface area contributed by atoms with Crippen LogP contribution in [0.25, 0.3) is 10.9 Å². The van der Waals surface area contributed by atoms with Crippen molar-refractivity contribution in [3.8, 4) is 0 Å². The van der Waals surface area contributed by atoms with E-state index < -0.39 is 0 Å². The van der Waals surface area contributed by atoms with E-state index in [4.69, 9.17) is 0 Å². The molecular weight excluding hydrogens is 196 g/mol. The Hall–Kier alpha value is -1.41. The second-order valence-electron chi connectivity index (χ2n) is 4.81. The first-order chi connectivity index (χ1) is 7.61. The van der Waals surface area contributed by atoms with Gasteiger partial charge in [0.05, 0.1) is 5.52 Å². The van der Waals surface area contributed by atoms with E-state index >= 15 is 0 Å². The van der Waals surface area contributed by atoms with Gasteiger partial charge in [-0.3, -0.25) is 4.98 Å². The third-order valence-electron chi connectivity index (χ3n) is 2.96. The number of hydrogen-bond acceptors (Lipinski definition) is 2. The summed E-state index contributed by atoms with van der Waals surface area (Å²) in [6.07, 6.45) is 0.939. The van der Waals surface area contributed by atoms with E-state index in [1.807, 2.05) is 19.2 Å². The first-order valence-corrected chi connectivity index (χ1v) is 5.64. The minimum atomic E-state index is 0.0927. The molecule has 84 valence electrons. The summed E-state index contributed by atoms with van der Waals surface area (Å²) in [5, 5.41) is 4.50. The molecule has 1 aromatic carbocycles. The average molecular weight is 214 g/mol. The molecule has 0 spiro atoms. The van der Waals surface area contributed by atoms with Gasteiger partial charge in [0.25, 0.3) is 0 Å². The number of nitrogens with one attached hydrogen (secondary N) is 1. The van der Waals surface area contributed by atoms with Crippen LogP contribution in [0.2, 0.25) is 0 Å². The number of pyridine rings is 1. The van der Waals surface area contributed by atoms with E-state index in [-0.39, 0.29) is 5.54 Å². The van der Waals surface area contributed by atoms with Gasteiger partial charge in [-0.1, -0.05) is 24.3 Å². The number of aromatic nitrogens is 1. The third-order valence-corrected chi connectivity index (χ3v) is 2.96. The summed E-state index contributed by atoms with van der Waals surface area (Å²) in [6, 6.07) is 12.5. The summed E-state index contributed by atoms with van der Waals surface area (Å²) >= 11 is 0. The van der Waals surface area contributed by atoms with Crippen molar-refractivity contribution >= 4 is 10.9 Å². The van der Waals surface area contributed by atoms with Crippen LogP contribution in [-0.2, 0) is 6.42 Å². The molecule has 0 saturated carbocycles. The zero-order valence-electron chi connectivity index (χ0n) is 10.1. The molecule has 2 aromatic rings. The SMILES string of the molecule is CNC(C)(C)Cc1ccc2ccccc2n1. The minimum Gasteiger partial charge on any atom is -0.314 e. The van der Waals surface area contributed by atoms with Crippen molar-refractivity contribution in [1.82, 2.24) is 10.3 Å². The molecule has 16 heavy (non-hydrogen) atoms. The number of para-hydroxylation sites is 1. The zero-order chi connectivity index (χ0) is 11.6. The topological polar surface area (TPSA) is 24.9 Å². The molecule has 0 saturated heterocycles. The first kappa shape index (κ1) is 11.1. The van der Waals surface area contributed by atoms with Crippen LogP contribution >= 0.6 is 0 Å². The van der Waals surface area contributed by atoms with Crippen molar-refractivity contribution in [3.63, 3.8) is 0 Å². The predicted octanol–water partition coefficient (Wildman–Crippen LogP) is 2.78. The van der Waals surface area contributed by atoms with Crippen LogP contribution in [0.4, 0.5) is 0 Å². The van der Waals surface area contributed by atoms with Crippen LogP contribution < -0.4 is 5.32 Å². The molecule has 1 heterocycles. The van der Waals surface area contributed by atoms with Crippen LogP contribution in [0.5, 0.6) is 0 Å². The van der Waals surface area contributed by atoms with Gasteiger partial charge in [0.15, 0.2) is 0 Å². The number of nitrogens with zero attached hydrogens (tertiary/aromatic N) is 1. The molecular formula is C14H18N2. The van der Waals surface area contributed by atoms with Crippen molar-refractivity contribution in [2.24, 2.45) is 0 Å². The highest BCUT2D eigenvalue weighted by Crippen LogP contribution is 2.15. The maximum atomic E-state index is 4.67. The molecule has 2 rings (SSSR count). The second-order valence-corrected chi connectivity index (χ2v) is 4.81.